The Kier molecular flexibility index (Phi) is 4.23. The molecule has 0 aliphatic rings. The highest BCUT2D eigenvalue weighted by atomic mass is 35.5. The molecule has 0 heterocycles. The van der Waals surface area contributed by atoms with Gasteiger partial charge in [0.05, 0.1) is 11.6 Å². The molecule has 0 unspecified atom stereocenters. The van der Waals surface area contributed by atoms with E-state index in [1.54, 1.807) is 12.1 Å². The molecule has 14 heavy (non-hydrogen) atoms. The highest BCUT2D eigenvalue weighted by molar-refractivity contribution is 6.32. The first kappa shape index (κ1) is 11.3. The highest BCUT2D eigenvalue weighted by Crippen LogP contribution is 2.23. The van der Waals surface area contributed by atoms with Crippen LogP contribution in [0.4, 0.5) is 0 Å². The third-order valence-electron chi connectivity index (χ3n) is 1.73. The second kappa shape index (κ2) is 5.23. The predicted octanol–water partition coefficient (Wildman–Crippen LogP) is 3.22. The van der Waals surface area contributed by atoms with Crippen molar-refractivity contribution in [1.29, 1.82) is 0 Å². The number of benzene rings is 1. The van der Waals surface area contributed by atoms with Crippen LogP contribution in [0.5, 0.6) is 5.75 Å². The maximum atomic E-state index is 9.18. The normalized spacial score (nSPS) is 10.9. The summed E-state index contributed by atoms with van der Waals surface area (Å²) in [7, 11) is 0. The van der Waals surface area contributed by atoms with Crippen molar-refractivity contribution in [1.82, 2.24) is 0 Å². The summed E-state index contributed by atoms with van der Waals surface area (Å²) in [5.74, 6) is 0.641. The Bertz CT molecular complexity index is 297. The van der Waals surface area contributed by atoms with E-state index in [0.29, 0.717) is 17.5 Å². The Morgan fingerprint density at radius 2 is 2.14 bits per heavy atom. The molecule has 0 spiro atoms. The van der Waals surface area contributed by atoms with Crippen molar-refractivity contribution in [2.24, 2.45) is 5.92 Å². The molecule has 2 nitrogen and oxygen atoms in total. The minimum absolute atomic E-state index is 0.110. The Morgan fingerprint density at radius 1 is 1.43 bits per heavy atom. The van der Waals surface area contributed by atoms with Gasteiger partial charge in [0.15, 0.2) is 0 Å². The van der Waals surface area contributed by atoms with Crippen molar-refractivity contribution in [2.45, 2.75) is 20.5 Å². The summed E-state index contributed by atoms with van der Waals surface area (Å²) in [6, 6.07) is 5.11. The van der Waals surface area contributed by atoms with E-state index in [0.717, 1.165) is 12.2 Å². The number of hydrogen-bond acceptors (Lipinski definition) is 2. The minimum Gasteiger partial charge on any atom is -0.506 e. The third-order valence-corrected chi connectivity index (χ3v) is 2.03. The standard InChI is InChI=1S/C11H15ClO2/c1-8(2)6-14-7-9-3-4-11(13)10(12)5-9/h3-5,8,13H,6-7H2,1-2H3. The van der Waals surface area contributed by atoms with Crippen LogP contribution in [0.25, 0.3) is 0 Å². The third kappa shape index (κ3) is 3.56. The molecule has 1 aromatic carbocycles. The van der Waals surface area contributed by atoms with Crippen molar-refractivity contribution in [3.8, 4) is 5.75 Å². The number of phenolic OH excluding ortho intramolecular Hbond substituents is 1. The first-order chi connectivity index (χ1) is 6.59. The van der Waals surface area contributed by atoms with Gasteiger partial charge < -0.3 is 9.84 Å². The summed E-state index contributed by atoms with van der Waals surface area (Å²) in [5.41, 5.74) is 0.980. The van der Waals surface area contributed by atoms with Crippen molar-refractivity contribution in [3.05, 3.63) is 28.8 Å². The number of halogens is 1. The Hall–Kier alpha value is -0.730. The zero-order valence-corrected chi connectivity index (χ0v) is 9.21. The lowest BCUT2D eigenvalue weighted by Crippen LogP contribution is -2.01. The van der Waals surface area contributed by atoms with Crippen LogP contribution in [0, 0.1) is 5.92 Å². The van der Waals surface area contributed by atoms with Gasteiger partial charge in [-0.25, -0.2) is 0 Å². The zero-order chi connectivity index (χ0) is 10.6. The van der Waals surface area contributed by atoms with Crippen molar-refractivity contribution >= 4 is 11.6 Å². The van der Waals surface area contributed by atoms with Gasteiger partial charge in [-0.2, -0.15) is 0 Å². The number of hydrogen-bond donors (Lipinski definition) is 1. The van der Waals surface area contributed by atoms with E-state index in [1.807, 2.05) is 6.07 Å². The lowest BCUT2D eigenvalue weighted by atomic mass is 10.2. The maximum Gasteiger partial charge on any atom is 0.134 e. The van der Waals surface area contributed by atoms with E-state index in [4.69, 9.17) is 16.3 Å². The molecule has 1 rings (SSSR count). The second-order valence-electron chi connectivity index (χ2n) is 3.69. The van der Waals surface area contributed by atoms with Gasteiger partial charge in [0.2, 0.25) is 0 Å². The average molecular weight is 215 g/mol. The summed E-state index contributed by atoms with van der Waals surface area (Å²) in [4.78, 5) is 0. The Morgan fingerprint density at radius 3 is 2.71 bits per heavy atom. The van der Waals surface area contributed by atoms with Gasteiger partial charge >= 0.3 is 0 Å². The fourth-order valence-electron chi connectivity index (χ4n) is 1.05. The molecule has 0 radical (unpaired) electrons. The number of aromatic hydroxyl groups is 1. The summed E-state index contributed by atoms with van der Waals surface area (Å²) >= 11 is 5.75. The molecule has 1 aromatic rings. The van der Waals surface area contributed by atoms with E-state index in [2.05, 4.69) is 13.8 Å². The van der Waals surface area contributed by atoms with Gasteiger partial charge in [-0.3, -0.25) is 0 Å². The van der Waals surface area contributed by atoms with Gasteiger partial charge in [0.25, 0.3) is 0 Å². The highest BCUT2D eigenvalue weighted by Gasteiger charge is 2.00. The van der Waals surface area contributed by atoms with E-state index in [1.165, 1.54) is 0 Å². The Balaban J connectivity index is 2.47. The number of phenols is 1. The van der Waals surface area contributed by atoms with Crippen molar-refractivity contribution < 1.29 is 9.84 Å². The molecular weight excluding hydrogens is 200 g/mol. The molecule has 0 aliphatic heterocycles. The van der Waals surface area contributed by atoms with E-state index in [9.17, 15) is 5.11 Å². The summed E-state index contributed by atoms with van der Waals surface area (Å²) in [6.45, 7) is 5.48. The molecule has 1 N–H and O–H groups in total. The summed E-state index contributed by atoms with van der Waals surface area (Å²) in [6.07, 6.45) is 0. The first-order valence-electron chi connectivity index (χ1n) is 4.64. The summed E-state index contributed by atoms with van der Waals surface area (Å²) in [5, 5.41) is 9.56. The SMILES string of the molecule is CC(C)COCc1ccc(O)c(Cl)c1. The molecule has 0 atom stereocenters. The van der Waals surface area contributed by atoms with Crippen LogP contribution in [-0.4, -0.2) is 11.7 Å². The van der Waals surface area contributed by atoms with Gasteiger partial charge in [0, 0.05) is 6.61 Å². The minimum atomic E-state index is 0.110. The smallest absolute Gasteiger partial charge is 0.134 e. The molecule has 0 amide bonds. The number of ether oxygens (including phenoxy) is 1. The topological polar surface area (TPSA) is 29.5 Å². The molecule has 0 saturated carbocycles. The molecule has 0 bridgehead atoms. The quantitative estimate of drug-likeness (QED) is 0.834. The van der Waals surface area contributed by atoms with Crippen LogP contribution < -0.4 is 0 Å². The molecule has 0 saturated heterocycles. The number of rotatable bonds is 4. The van der Waals surface area contributed by atoms with Crippen molar-refractivity contribution in [2.75, 3.05) is 6.61 Å². The van der Waals surface area contributed by atoms with Gasteiger partial charge in [0.1, 0.15) is 5.75 Å². The first-order valence-corrected chi connectivity index (χ1v) is 5.02. The predicted molar refractivity (Wildman–Crippen MR) is 57.6 cm³/mol. The van der Waals surface area contributed by atoms with Gasteiger partial charge in [-0.05, 0) is 23.6 Å². The van der Waals surface area contributed by atoms with Crippen LogP contribution in [0.15, 0.2) is 18.2 Å². The van der Waals surface area contributed by atoms with Crippen LogP contribution in [-0.2, 0) is 11.3 Å². The monoisotopic (exact) mass is 214 g/mol. The van der Waals surface area contributed by atoms with E-state index < -0.39 is 0 Å². The molecular formula is C11H15ClO2. The van der Waals surface area contributed by atoms with Crippen molar-refractivity contribution in [3.63, 3.8) is 0 Å². The molecule has 3 heteroatoms. The second-order valence-corrected chi connectivity index (χ2v) is 4.10. The Labute approximate surface area is 89.5 Å². The lowest BCUT2D eigenvalue weighted by Gasteiger charge is -2.07. The van der Waals surface area contributed by atoms with Crippen LogP contribution in [0.3, 0.4) is 0 Å². The maximum absolute atomic E-state index is 9.18. The molecule has 0 fully saturated rings. The molecule has 78 valence electrons. The van der Waals surface area contributed by atoms with E-state index >= 15 is 0 Å². The summed E-state index contributed by atoms with van der Waals surface area (Å²) < 4.78 is 5.44. The lowest BCUT2D eigenvalue weighted by molar-refractivity contribution is 0.0970. The van der Waals surface area contributed by atoms with Crippen LogP contribution in [0.2, 0.25) is 5.02 Å². The average Bonchev–Trinajstić information content (AvgIpc) is 2.10. The molecule has 0 aromatic heterocycles. The molecule has 0 aliphatic carbocycles. The van der Waals surface area contributed by atoms with Gasteiger partial charge in [-0.15, -0.1) is 0 Å². The largest absolute Gasteiger partial charge is 0.506 e. The van der Waals surface area contributed by atoms with Crippen LogP contribution in [0.1, 0.15) is 19.4 Å². The fourth-order valence-corrected chi connectivity index (χ4v) is 1.26. The fraction of sp³-hybridized carbons (Fsp3) is 0.455. The zero-order valence-electron chi connectivity index (χ0n) is 8.46. The van der Waals surface area contributed by atoms with Crippen LogP contribution >= 0.6 is 11.6 Å². The van der Waals surface area contributed by atoms with Gasteiger partial charge in [-0.1, -0.05) is 31.5 Å². The van der Waals surface area contributed by atoms with E-state index in [-0.39, 0.29) is 5.75 Å².